The number of rotatable bonds is 7. The lowest BCUT2D eigenvalue weighted by Crippen LogP contribution is -2.49. The van der Waals surface area contributed by atoms with E-state index >= 15 is 0 Å². The molecule has 0 N–H and O–H groups in total. The summed E-state index contributed by atoms with van der Waals surface area (Å²) in [7, 11) is -3.87. The molecule has 33 heavy (non-hydrogen) atoms. The molecule has 0 aromatic heterocycles. The molecule has 1 aliphatic rings. The van der Waals surface area contributed by atoms with Crippen molar-refractivity contribution in [3.63, 3.8) is 0 Å². The third-order valence-electron chi connectivity index (χ3n) is 5.55. The average molecular weight is 483 g/mol. The summed E-state index contributed by atoms with van der Waals surface area (Å²) >= 11 is 0. The smallest absolute Gasteiger partial charge is 0.293 e. The standard InChI is InChI=1S/C21H24F2N4O5S/c1-3-26(4-2)33(31,32)16-6-8-19(20(14-16)27(29)30)24-9-11-25(12-10-24)21(28)17-13-15(22)5-7-18(17)23/h5-8,13-14H,3-4,9-12H2,1-2H3. The molecular formula is C21H24F2N4O5S. The van der Waals surface area contributed by atoms with Gasteiger partial charge in [0.15, 0.2) is 0 Å². The molecule has 0 radical (unpaired) electrons. The van der Waals surface area contributed by atoms with Crippen molar-refractivity contribution in [2.75, 3.05) is 44.2 Å². The van der Waals surface area contributed by atoms with Gasteiger partial charge in [0.05, 0.1) is 15.4 Å². The molecule has 1 heterocycles. The van der Waals surface area contributed by atoms with Crippen LogP contribution in [0.15, 0.2) is 41.3 Å². The molecule has 0 atom stereocenters. The van der Waals surface area contributed by atoms with E-state index in [0.29, 0.717) is 0 Å². The van der Waals surface area contributed by atoms with E-state index in [1.54, 1.807) is 18.7 Å². The van der Waals surface area contributed by atoms with Crippen LogP contribution in [0.3, 0.4) is 0 Å². The van der Waals surface area contributed by atoms with E-state index in [9.17, 15) is 32.1 Å². The molecule has 0 saturated carbocycles. The number of anilines is 1. The number of nitrogens with zero attached hydrogens (tertiary/aromatic N) is 4. The number of piperazine rings is 1. The topological polar surface area (TPSA) is 104 Å². The Balaban J connectivity index is 1.82. The minimum atomic E-state index is -3.87. The second kappa shape index (κ2) is 9.79. The number of sulfonamides is 1. The Hall–Kier alpha value is -3.12. The summed E-state index contributed by atoms with van der Waals surface area (Å²) in [5.74, 6) is -2.22. The first-order valence-electron chi connectivity index (χ1n) is 10.4. The Morgan fingerprint density at radius 2 is 1.70 bits per heavy atom. The van der Waals surface area contributed by atoms with Crippen LogP contribution in [-0.2, 0) is 10.0 Å². The Bertz CT molecular complexity index is 1160. The van der Waals surface area contributed by atoms with Gasteiger partial charge in [-0.25, -0.2) is 17.2 Å². The van der Waals surface area contributed by atoms with Crippen LogP contribution in [0.5, 0.6) is 0 Å². The van der Waals surface area contributed by atoms with Crippen LogP contribution in [0, 0.1) is 21.7 Å². The van der Waals surface area contributed by atoms with Crippen molar-refractivity contribution >= 4 is 27.3 Å². The first-order valence-corrected chi connectivity index (χ1v) is 11.8. The van der Waals surface area contributed by atoms with Gasteiger partial charge in [-0.3, -0.25) is 14.9 Å². The van der Waals surface area contributed by atoms with Gasteiger partial charge in [-0.15, -0.1) is 0 Å². The van der Waals surface area contributed by atoms with Crippen molar-refractivity contribution in [3.05, 3.63) is 63.7 Å². The van der Waals surface area contributed by atoms with Crippen LogP contribution >= 0.6 is 0 Å². The lowest BCUT2D eigenvalue weighted by atomic mass is 10.1. The van der Waals surface area contributed by atoms with Crippen LogP contribution in [0.25, 0.3) is 0 Å². The van der Waals surface area contributed by atoms with E-state index in [2.05, 4.69) is 0 Å². The quantitative estimate of drug-likeness (QED) is 0.444. The fraction of sp³-hybridized carbons (Fsp3) is 0.381. The zero-order chi connectivity index (χ0) is 24.3. The maximum absolute atomic E-state index is 13.9. The number of hydrogen-bond acceptors (Lipinski definition) is 6. The van der Waals surface area contributed by atoms with Crippen molar-refractivity contribution in [2.24, 2.45) is 0 Å². The SMILES string of the molecule is CCN(CC)S(=O)(=O)c1ccc(N2CCN(C(=O)c3cc(F)ccc3F)CC2)c([N+](=O)[O-])c1. The molecule has 2 aromatic carbocycles. The molecule has 1 saturated heterocycles. The predicted molar refractivity (Wildman–Crippen MR) is 118 cm³/mol. The lowest BCUT2D eigenvalue weighted by Gasteiger charge is -2.36. The number of amides is 1. The van der Waals surface area contributed by atoms with Crippen LogP contribution in [0.1, 0.15) is 24.2 Å². The highest BCUT2D eigenvalue weighted by Crippen LogP contribution is 2.32. The van der Waals surface area contributed by atoms with E-state index in [1.807, 2.05) is 0 Å². The van der Waals surface area contributed by atoms with Gasteiger partial charge < -0.3 is 9.80 Å². The summed E-state index contributed by atoms with van der Waals surface area (Å²) in [6.45, 7) is 4.49. The van der Waals surface area contributed by atoms with Gasteiger partial charge in [0.1, 0.15) is 17.3 Å². The van der Waals surface area contributed by atoms with Crippen molar-refractivity contribution < 1.29 is 26.9 Å². The highest BCUT2D eigenvalue weighted by Gasteiger charge is 2.30. The number of carbonyl (C=O) groups excluding carboxylic acids is 1. The fourth-order valence-corrected chi connectivity index (χ4v) is 5.25. The third kappa shape index (κ3) is 4.96. The van der Waals surface area contributed by atoms with Crippen LogP contribution in [0.4, 0.5) is 20.2 Å². The van der Waals surface area contributed by atoms with Gasteiger partial charge in [-0.1, -0.05) is 13.8 Å². The first-order chi connectivity index (χ1) is 15.6. The van der Waals surface area contributed by atoms with Gasteiger partial charge in [-0.2, -0.15) is 4.31 Å². The van der Waals surface area contributed by atoms with Gasteiger partial charge in [-0.05, 0) is 30.3 Å². The molecule has 3 rings (SSSR count). The highest BCUT2D eigenvalue weighted by atomic mass is 32.2. The molecule has 0 aliphatic carbocycles. The van der Waals surface area contributed by atoms with Crippen LogP contribution in [0.2, 0.25) is 0 Å². The zero-order valence-corrected chi connectivity index (χ0v) is 19.0. The van der Waals surface area contributed by atoms with E-state index in [0.717, 1.165) is 24.3 Å². The summed E-state index contributed by atoms with van der Waals surface area (Å²) in [5, 5.41) is 11.7. The number of nitro benzene ring substituents is 1. The summed E-state index contributed by atoms with van der Waals surface area (Å²) in [4.78, 5) is 26.5. The maximum atomic E-state index is 13.9. The highest BCUT2D eigenvalue weighted by molar-refractivity contribution is 7.89. The molecule has 1 amide bonds. The largest absolute Gasteiger partial charge is 0.362 e. The third-order valence-corrected chi connectivity index (χ3v) is 7.60. The van der Waals surface area contributed by atoms with Crippen LogP contribution < -0.4 is 4.90 Å². The molecular weight excluding hydrogens is 458 g/mol. The number of benzene rings is 2. The molecule has 1 aliphatic heterocycles. The fourth-order valence-electron chi connectivity index (χ4n) is 3.77. The Morgan fingerprint density at radius 3 is 2.27 bits per heavy atom. The molecule has 1 fully saturated rings. The molecule has 178 valence electrons. The number of halogens is 2. The molecule has 0 bridgehead atoms. The monoisotopic (exact) mass is 482 g/mol. The molecule has 12 heteroatoms. The van der Waals surface area contributed by atoms with Gasteiger partial charge in [0.2, 0.25) is 10.0 Å². The van der Waals surface area contributed by atoms with Crippen molar-refractivity contribution in [1.29, 1.82) is 0 Å². The van der Waals surface area contributed by atoms with E-state index < -0.39 is 32.5 Å². The summed E-state index contributed by atoms with van der Waals surface area (Å²) < 4.78 is 54.1. The zero-order valence-electron chi connectivity index (χ0n) is 18.2. The lowest BCUT2D eigenvalue weighted by molar-refractivity contribution is -0.384. The van der Waals surface area contributed by atoms with Crippen LogP contribution in [-0.4, -0.2) is 67.7 Å². The second-order valence-electron chi connectivity index (χ2n) is 7.40. The Kier molecular flexibility index (Phi) is 7.28. The minimum Gasteiger partial charge on any atom is -0.362 e. The molecule has 0 unspecified atom stereocenters. The van der Waals surface area contributed by atoms with E-state index in [1.165, 1.54) is 21.3 Å². The minimum absolute atomic E-state index is 0.130. The normalized spacial score (nSPS) is 14.6. The molecule has 2 aromatic rings. The summed E-state index contributed by atoms with van der Waals surface area (Å²) in [6.07, 6.45) is 0. The van der Waals surface area contributed by atoms with Crippen molar-refractivity contribution in [3.8, 4) is 0 Å². The summed E-state index contributed by atoms with van der Waals surface area (Å²) in [5.41, 5.74) is -0.512. The molecule has 9 nitrogen and oxygen atoms in total. The van der Waals surface area contributed by atoms with Gasteiger partial charge in [0.25, 0.3) is 11.6 Å². The van der Waals surface area contributed by atoms with E-state index in [4.69, 9.17) is 0 Å². The van der Waals surface area contributed by atoms with E-state index in [-0.39, 0.29) is 61.1 Å². The van der Waals surface area contributed by atoms with Crippen molar-refractivity contribution in [2.45, 2.75) is 18.7 Å². The number of nitro groups is 1. The van der Waals surface area contributed by atoms with Gasteiger partial charge >= 0.3 is 0 Å². The second-order valence-corrected chi connectivity index (χ2v) is 9.34. The predicted octanol–water partition coefficient (Wildman–Crippen LogP) is 2.87. The molecule has 0 spiro atoms. The van der Waals surface area contributed by atoms with Gasteiger partial charge in [0, 0.05) is 45.3 Å². The first kappa shape index (κ1) is 24.5. The maximum Gasteiger partial charge on any atom is 0.293 e. The summed E-state index contributed by atoms with van der Waals surface area (Å²) in [6, 6.07) is 6.41. The Morgan fingerprint density at radius 1 is 1.06 bits per heavy atom. The number of hydrogen-bond donors (Lipinski definition) is 0. The average Bonchev–Trinajstić information content (AvgIpc) is 2.80. The van der Waals surface area contributed by atoms with Crippen molar-refractivity contribution in [1.82, 2.24) is 9.21 Å². The Labute approximate surface area is 190 Å². The number of carbonyl (C=O) groups is 1.